The van der Waals surface area contributed by atoms with Crippen molar-refractivity contribution in [3.8, 4) is 22.6 Å². The monoisotopic (exact) mass is 1770 g/mol. The molecule has 13 atom stereocenters. The molecule has 0 radical (unpaired) electrons. The van der Waals surface area contributed by atoms with Crippen molar-refractivity contribution < 1.29 is 171 Å². The van der Waals surface area contributed by atoms with Gasteiger partial charge in [-0.2, -0.15) is 52.7 Å². The van der Waals surface area contributed by atoms with Gasteiger partial charge in [-0.3, -0.25) is 48.1 Å². The number of piperazine rings is 1. The van der Waals surface area contributed by atoms with Crippen LogP contribution in [0.25, 0.3) is 11.1 Å². The molecule has 20 N–H and O–H groups in total. The summed E-state index contributed by atoms with van der Waals surface area (Å²) in [7, 11) is 1.90. The number of hydrogen-bond donors (Lipinski definition) is 18. The number of nitrogens with zero attached hydrogens (tertiary/aromatic N) is 4. The molecule has 4 aliphatic heterocycles. The second kappa shape index (κ2) is 47.6. The van der Waals surface area contributed by atoms with E-state index in [1.54, 1.807) is 31.2 Å². The van der Waals surface area contributed by atoms with Crippen molar-refractivity contribution in [2.45, 2.75) is 207 Å². The third-order valence-electron chi connectivity index (χ3n) is 20.9. The Kier molecular flexibility index (Phi) is 40.7. The van der Waals surface area contributed by atoms with Crippen molar-refractivity contribution in [1.29, 1.82) is 0 Å². The zero-order chi connectivity index (χ0) is 92.1. The number of aliphatic hydroxyl groups is 6. The maximum atomic E-state index is 14.8. The smallest absolute Gasteiger partial charge is 0.490 e. The SMILES string of the molecule is COC1(C2CCCC2)CCC(N2CCN(c3ccc(-c4ccc(C(=O)N[C@H]5C[C@@H](O)CNC(=O)[C@@H]6[C@@H](O)[C@@H](C)CN6C(=O)[C@H]([C@H](O)CCN)NC(=O)[C@H]([C@H](O)Cc6ccc(O)c(OCCCN)c6)NC(=O)[C@@H]6C[C@@H](O)CN6C(=O)[C@H]([C@@H](C)O)NC5=O)cc4)cc3)CC2)CC1.FC(F)(F)C(F)(F)F.O=C(O)C(F)(F)F.O=C(O)C(F)(F)F.O=CO.O=CO. The number of benzene rings is 3. The fraction of sp³-hybridized carbons (Fsp3) is 0.613. The number of ether oxygens (including phenoxy) is 2. The Morgan fingerprint density at radius 2 is 1.16 bits per heavy atom. The van der Waals surface area contributed by atoms with Crippen LogP contribution >= 0.6 is 0 Å². The van der Waals surface area contributed by atoms with Gasteiger partial charge in [0.05, 0.1) is 48.8 Å². The maximum absolute atomic E-state index is 14.8. The van der Waals surface area contributed by atoms with E-state index in [1.807, 2.05) is 19.2 Å². The Hall–Kier alpha value is -10.0. The number of aliphatic carboxylic acids is 2. The fourth-order valence-corrected chi connectivity index (χ4v) is 14.6. The molecule has 0 aromatic heterocycles. The van der Waals surface area contributed by atoms with E-state index in [9.17, 15) is 122 Å². The first-order valence-corrected chi connectivity index (χ1v) is 38.2. The summed E-state index contributed by atoms with van der Waals surface area (Å²) >= 11 is 0. The lowest BCUT2D eigenvalue weighted by molar-refractivity contribution is -0.339. The van der Waals surface area contributed by atoms with E-state index in [0.29, 0.717) is 18.4 Å². The van der Waals surface area contributed by atoms with Gasteiger partial charge in [-0.05, 0) is 130 Å². The van der Waals surface area contributed by atoms with Crippen LogP contribution in [-0.2, 0) is 59.1 Å². The van der Waals surface area contributed by atoms with Crippen molar-refractivity contribution >= 4 is 71.9 Å². The summed E-state index contributed by atoms with van der Waals surface area (Å²) in [6.45, 7) is 4.77. The van der Waals surface area contributed by atoms with Crippen LogP contribution in [0.3, 0.4) is 0 Å². The second-order valence-corrected chi connectivity index (χ2v) is 29.3. The predicted molar refractivity (Wildman–Crippen MR) is 402 cm³/mol. The summed E-state index contributed by atoms with van der Waals surface area (Å²) in [5.74, 6) is -13.2. The average molecular weight is 1770 g/mol. The number of amides is 7. The third-order valence-corrected chi connectivity index (χ3v) is 20.9. The van der Waals surface area contributed by atoms with E-state index in [1.165, 1.54) is 50.8 Å². The molecule has 9 rings (SSSR count). The summed E-state index contributed by atoms with van der Waals surface area (Å²) in [6, 6.07) is 8.59. The number of nitrogens with two attached hydrogens (primary N) is 2. The largest absolute Gasteiger partial charge is 0.504 e. The first kappa shape index (κ1) is 104. The third kappa shape index (κ3) is 30.5. The molecule has 686 valence electrons. The molecule has 4 saturated heterocycles. The minimum absolute atomic E-state index is 0.0108. The van der Waals surface area contributed by atoms with Gasteiger partial charge in [-0.15, -0.1) is 0 Å². The molecule has 47 heteroatoms. The molecule has 4 heterocycles. The summed E-state index contributed by atoms with van der Waals surface area (Å²) in [6.07, 6.45) is -23.8. The van der Waals surface area contributed by atoms with Crippen molar-refractivity contribution in [2.24, 2.45) is 23.3 Å². The molecule has 35 nitrogen and oxygen atoms in total. The number of aromatic hydroxyl groups is 1. The first-order chi connectivity index (χ1) is 57.0. The lowest BCUT2D eigenvalue weighted by atomic mass is 9.73. The number of phenols is 1. The normalized spacial score (nSPS) is 25.6. The van der Waals surface area contributed by atoms with Crippen molar-refractivity contribution in [3.05, 3.63) is 77.9 Å². The number of hydrogen-bond acceptors (Lipinski definition) is 24. The zero-order valence-corrected chi connectivity index (χ0v) is 66.1. The van der Waals surface area contributed by atoms with Crippen LogP contribution in [-0.4, -0.2) is 319 Å². The quantitative estimate of drug-likeness (QED) is 0.0487. The number of methoxy groups -OCH3 is 1. The van der Waals surface area contributed by atoms with Gasteiger partial charge < -0.3 is 118 Å². The van der Waals surface area contributed by atoms with Crippen molar-refractivity contribution in [2.75, 3.05) is 77.5 Å². The van der Waals surface area contributed by atoms with E-state index in [-0.39, 0.29) is 73.8 Å². The number of β-amino-alcohol motifs (C(OH)–C–C–N with tert-alkyl or cyclic N) is 1. The molecule has 0 spiro atoms. The number of alkyl halides is 12. The molecule has 0 unspecified atom stereocenters. The number of carbonyl (C=O) groups excluding carboxylic acids is 7. The number of halogens is 12. The number of nitrogens with one attached hydrogen (secondary N) is 5. The van der Waals surface area contributed by atoms with Gasteiger partial charge >= 0.3 is 36.6 Å². The van der Waals surface area contributed by atoms with Crippen molar-refractivity contribution in [3.63, 3.8) is 0 Å². The summed E-state index contributed by atoms with van der Waals surface area (Å²) in [5.41, 5.74) is 14.6. The molecule has 6 fully saturated rings. The van der Waals surface area contributed by atoms with Gasteiger partial charge in [0.25, 0.3) is 18.9 Å². The number of anilines is 1. The highest BCUT2D eigenvalue weighted by atomic mass is 19.5. The van der Waals surface area contributed by atoms with Crippen LogP contribution in [0.1, 0.15) is 107 Å². The highest BCUT2D eigenvalue weighted by Gasteiger charge is 2.59. The van der Waals surface area contributed by atoms with Crippen LogP contribution in [0, 0.1) is 11.8 Å². The summed E-state index contributed by atoms with van der Waals surface area (Å²) in [5, 5.41) is 120. The predicted octanol–water partition coefficient (Wildman–Crippen LogP) is 1.50. The Labute approximate surface area is 690 Å². The standard InChI is InChI=1S/C67H97N11O16.C2F6.2C2HF3O2.2CH2O2/c1-38-36-78-58(59(38)85)64(90)70-35-47(80)33-49(71-60(86)43-12-10-41(11-13-43)42-14-16-45(17-15-42)75-26-28-76(29-27-75)46-19-22-67(93-3,23-20-46)44-7-4-5-8-44)61(87)72-55(39(2)79)65(91)77-37-48(81)34-50(77)62(88)73-56(63(89)74-57(66(78)92)52(83)21-25-69)53(84)31-40-9-18-51(82)54(32-40)94-30-6-24-68;3-1(4,5)2(6,7)8;2*3-2(4,5)1(6)7;2*2-1-3/h9-18,32,38-39,44,46-50,52-53,55-59,79-85H,4-8,19-31,33-37,68-69H2,1-3H3,(H,70,90)(H,71,86)(H,72,87)(H,73,88)(H,74,89);;2*(H,6,7);2*1H,(H,2,3)/t38-,39+,46?,47+,48+,49-,50-,52+,53+,55-,56-,57-,58-,59-,67?;;;;;/m0...../s1. The molecule has 6 aliphatic rings. The van der Waals surface area contributed by atoms with Crippen molar-refractivity contribution in [1.82, 2.24) is 41.3 Å². The highest BCUT2D eigenvalue weighted by Crippen LogP contribution is 2.46. The maximum Gasteiger partial charge on any atom is 0.490 e. The van der Waals surface area contributed by atoms with E-state index in [0.717, 1.165) is 78.5 Å². The summed E-state index contributed by atoms with van der Waals surface area (Å²) < 4.78 is 138. The summed E-state index contributed by atoms with van der Waals surface area (Å²) in [4.78, 5) is 143. The van der Waals surface area contributed by atoms with Gasteiger partial charge in [0.1, 0.15) is 36.3 Å². The highest BCUT2D eigenvalue weighted by molar-refractivity contribution is 6.00. The van der Waals surface area contributed by atoms with Gasteiger partial charge in [0.15, 0.2) is 11.5 Å². The van der Waals surface area contributed by atoms with Gasteiger partial charge in [-0.1, -0.05) is 50.1 Å². The molecule has 2 aliphatic carbocycles. The van der Waals surface area contributed by atoms with Crippen LogP contribution in [0.2, 0.25) is 0 Å². The zero-order valence-electron chi connectivity index (χ0n) is 66.1. The van der Waals surface area contributed by atoms with E-state index < -0.39 is 189 Å². The Bertz CT molecular complexity index is 3850. The van der Waals surface area contributed by atoms with Crippen LogP contribution in [0.15, 0.2) is 66.7 Å². The molecular weight excluding hydrogens is 1670 g/mol. The fourth-order valence-electron chi connectivity index (χ4n) is 14.6. The number of carboxylic acid groups (broad SMARTS) is 4. The van der Waals surface area contributed by atoms with Crippen LogP contribution in [0.5, 0.6) is 11.5 Å². The molecule has 122 heavy (non-hydrogen) atoms. The minimum Gasteiger partial charge on any atom is -0.504 e. The lowest BCUT2D eigenvalue weighted by Crippen LogP contribution is -2.64. The minimum atomic E-state index is -6.06. The number of carboxylic acids is 2. The van der Waals surface area contributed by atoms with E-state index >= 15 is 0 Å². The van der Waals surface area contributed by atoms with E-state index in [4.69, 9.17) is 60.5 Å². The molecule has 3 aromatic carbocycles. The lowest BCUT2D eigenvalue weighted by Gasteiger charge is -2.47. The molecular formula is C75H103F12N11O24. The van der Waals surface area contributed by atoms with Gasteiger partial charge in [0, 0.05) is 95.4 Å². The Morgan fingerprint density at radius 1 is 0.648 bits per heavy atom. The molecule has 0 bridgehead atoms. The van der Waals surface area contributed by atoms with E-state index in [2.05, 4.69) is 48.5 Å². The topological polar surface area (TPSA) is 554 Å². The van der Waals surface area contributed by atoms with Crippen LogP contribution < -0.4 is 47.7 Å². The molecule has 7 amide bonds. The van der Waals surface area contributed by atoms with Crippen LogP contribution in [0.4, 0.5) is 58.4 Å². The molecule has 2 saturated carbocycles. The molecule has 3 aromatic rings. The average Bonchev–Trinajstić information content (AvgIpc) is 1.60. The Balaban J connectivity index is 0.000000961. The second-order valence-electron chi connectivity index (χ2n) is 29.3. The first-order valence-electron chi connectivity index (χ1n) is 38.2. The van der Waals surface area contributed by atoms with Gasteiger partial charge in [0.2, 0.25) is 35.4 Å². The number of carbonyl (C=O) groups is 11. The number of aliphatic hydroxyl groups excluding tert-OH is 6. The number of fused-ring (bicyclic) bond motifs is 2. The Morgan fingerprint density at radius 3 is 1.65 bits per heavy atom. The number of rotatable bonds is 18. The van der Waals surface area contributed by atoms with Gasteiger partial charge in [-0.25, -0.2) is 9.59 Å². The number of phenolic OH excluding ortho intramolecular Hbond substituents is 1.